The number of aryl methyl sites for hydroxylation is 2. The third kappa shape index (κ3) is 7.99. The summed E-state index contributed by atoms with van der Waals surface area (Å²) in [5.41, 5.74) is 16.0. The van der Waals surface area contributed by atoms with Crippen LogP contribution in [-0.4, -0.2) is 4.57 Å². The smallest absolute Gasteiger partial charge is 0.509 e. The maximum Gasteiger partial charge on any atom is 4.00 e. The van der Waals surface area contributed by atoms with Gasteiger partial charge in [0.1, 0.15) is 0 Å². The molecule has 0 amide bonds. The largest absolute Gasteiger partial charge is 4.00 e. The monoisotopic (exact) mass is 992 g/mol. The zero-order valence-electron chi connectivity index (χ0n) is 37.8. The fourth-order valence-electron chi connectivity index (χ4n) is 8.67. The van der Waals surface area contributed by atoms with Crippen LogP contribution >= 0.6 is 0 Å². The summed E-state index contributed by atoms with van der Waals surface area (Å²) in [4.78, 5) is 4.53. The Morgan fingerprint density at radius 3 is 1.85 bits per heavy atom. The predicted molar refractivity (Wildman–Crippen MR) is 256 cm³/mol. The summed E-state index contributed by atoms with van der Waals surface area (Å²) in [7, 11) is 0. The van der Waals surface area contributed by atoms with Crippen LogP contribution in [0, 0.1) is 38.7 Å². The molecule has 62 heavy (non-hydrogen) atoms. The molecule has 7 aromatic carbocycles. The van der Waals surface area contributed by atoms with Crippen LogP contribution in [0.5, 0.6) is 11.5 Å². The van der Waals surface area contributed by atoms with E-state index in [4.69, 9.17) is 4.74 Å². The molecular formula is C57H55N3OPt. The number of aromatic nitrogens is 1. The van der Waals surface area contributed by atoms with E-state index in [2.05, 4.69) is 231 Å². The van der Waals surface area contributed by atoms with E-state index >= 15 is 0 Å². The van der Waals surface area contributed by atoms with E-state index in [0.29, 0.717) is 11.5 Å². The van der Waals surface area contributed by atoms with Crippen molar-refractivity contribution < 1.29 is 25.8 Å². The van der Waals surface area contributed by atoms with Gasteiger partial charge in [0, 0.05) is 34.1 Å². The molecule has 8 aromatic rings. The van der Waals surface area contributed by atoms with Crippen molar-refractivity contribution in [3.63, 3.8) is 0 Å². The van der Waals surface area contributed by atoms with Crippen LogP contribution in [0.1, 0.15) is 90.1 Å². The fraction of sp³-hybridized carbons (Fsp3) is 0.246. The van der Waals surface area contributed by atoms with E-state index in [9.17, 15) is 0 Å². The molecule has 0 radical (unpaired) electrons. The van der Waals surface area contributed by atoms with Gasteiger partial charge in [-0.3, -0.25) is 0 Å². The minimum atomic E-state index is -0.151. The molecule has 0 spiro atoms. The topological polar surface area (TPSA) is 20.6 Å². The molecule has 0 N–H and O–H groups in total. The van der Waals surface area contributed by atoms with Crippen LogP contribution in [-0.2, 0) is 37.3 Å². The summed E-state index contributed by atoms with van der Waals surface area (Å²) in [6.07, 6.45) is 0. The molecule has 4 nitrogen and oxygen atoms in total. The van der Waals surface area contributed by atoms with Crippen molar-refractivity contribution in [2.45, 2.75) is 92.4 Å². The molecule has 0 unspecified atom stereocenters. The predicted octanol–water partition coefficient (Wildman–Crippen LogP) is 15.6. The number of nitrogens with zero attached hydrogens (tertiary/aromatic N) is 3. The first-order valence-corrected chi connectivity index (χ1v) is 21.4. The molecule has 0 bridgehead atoms. The second-order valence-corrected chi connectivity index (χ2v) is 19.8. The van der Waals surface area contributed by atoms with Crippen LogP contribution < -0.4 is 14.5 Å². The van der Waals surface area contributed by atoms with Gasteiger partial charge >= 0.3 is 21.1 Å². The maximum absolute atomic E-state index is 6.81. The SMILES string of the molecule is Cc1cc(C(C)(C)C)cc(C)c1-c1cccc(N2[CH-]N(c3[c-]c(Oc4[c-]c5c(cc4)c4ccccc4n5-c4[c-]ccc(C(C)(C)C)c4)cc(C(C)(C)C)c3)c3ccccc32)c1.[Pt+4]. The summed E-state index contributed by atoms with van der Waals surface area (Å²) in [6.45, 7) is 27.0. The summed E-state index contributed by atoms with van der Waals surface area (Å²) in [5.74, 6) is 1.26. The fourth-order valence-corrected chi connectivity index (χ4v) is 8.67. The summed E-state index contributed by atoms with van der Waals surface area (Å²) in [5, 5.41) is 2.28. The molecule has 1 aromatic heterocycles. The molecule has 9 rings (SSSR count). The molecule has 0 aliphatic carbocycles. The number of ether oxygens (including phenoxy) is 1. The normalized spacial score (nSPS) is 13.1. The summed E-state index contributed by atoms with van der Waals surface area (Å²) < 4.78 is 9.08. The quantitative estimate of drug-likeness (QED) is 0.155. The van der Waals surface area contributed by atoms with E-state index in [1.165, 1.54) is 38.8 Å². The van der Waals surface area contributed by atoms with Crippen LogP contribution in [0.3, 0.4) is 0 Å². The molecule has 0 saturated carbocycles. The molecule has 0 atom stereocenters. The van der Waals surface area contributed by atoms with Gasteiger partial charge in [-0.15, -0.1) is 59.7 Å². The number of hydrogen-bond donors (Lipinski definition) is 0. The Morgan fingerprint density at radius 1 is 0.532 bits per heavy atom. The Bertz CT molecular complexity index is 2950. The number of hydrogen-bond acceptors (Lipinski definition) is 3. The standard InChI is InChI=1S/C57H55N3O.Pt/c1-37-28-41(56(6,7)8)29-38(2)54(37)39-18-16-20-43(30-39)58-36-59(52-25-15-14-24-51(52)58)45-32-42(57(9,10)11)33-47(34-45)61-46-26-27-49-48-22-12-13-23-50(48)60(53(49)35-46)44-21-17-19-40(31-44)55(3,4)5;/h12-20,22-33,36H,1-11H3;/q-4;+4. The van der Waals surface area contributed by atoms with Crippen LogP contribution in [0.15, 0.2) is 127 Å². The third-order valence-electron chi connectivity index (χ3n) is 12.1. The Balaban J connectivity index is 0.00000529. The van der Waals surface area contributed by atoms with Gasteiger partial charge < -0.3 is 19.1 Å². The number of benzene rings is 7. The van der Waals surface area contributed by atoms with Gasteiger partial charge in [-0.05, 0) is 93.6 Å². The zero-order chi connectivity index (χ0) is 43.0. The minimum absolute atomic E-state index is 0. The Kier molecular flexibility index (Phi) is 11.1. The number of anilines is 4. The molecule has 0 fully saturated rings. The van der Waals surface area contributed by atoms with Crippen molar-refractivity contribution >= 4 is 44.6 Å². The average molecular weight is 993 g/mol. The van der Waals surface area contributed by atoms with Gasteiger partial charge in [-0.25, -0.2) is 0 Å². The van der Waals surface area contributed by atoms with Gasteiger partial charge in [0.05, 0.1) is 0 Å². The zero-order valence-corrected chi connectivity index (χ0v) is 40.0. The van der Waals surface area contributed by atoms with Crippen molar-refractivity contribution in [2.75, 3.05) is 9.80 Å². The van der Waals surface area contributed by atoms with Crippen molar-refractivity contribution in [3.8, 4) is 28.3 Å². The third-order valence-corrected chi connectivity index (χ3v) is 12.1. The summed E-state index contributed by atoms with van der Waals surface area (Å²) >= 11 is 0. The van der Waals surface area contributed by atoms with Crippen molar-refractivity contribution in [3.05, 3.63) is 180 Å². The van der Waals surface area contributed by atoms with E-state index in [-0.39, 0.29) is 37.3 Å². The Morgan fingerprint density at radius 2 is 1.16 bits per heavy atom. The first-order chi connectivity index (χ1) is 28.9. The number of rotatable bonds is 6. The summed E-state index contributed by atoms with van der Waals surface area (Å²) in [6, 6.07) is 56.6. The second-order valence-electron chi connectivity index (χ2n) is 19.8. The van der Waals surface area contributed by atoms with Gasteiger partial charge in [-0.1, -0.05) is 128 Å². The second kappa shape index (κ2) is 16.0. The van der Waals surface area contributed by atoms with E-state index in [1.54, 1.807) is 0 Å². The molecule has 1 aliphatic rings. The molecule has 314 valence electrons. The van der Waals surface area contributed by atoms with Gasteiger partial charge in [0.2, 0.25) is 0 Å². The minimum Gasteiger partial charge on any atom is -0.509 e. The van der Waals surface area contributed by atoms with Gasteiger partial charge in [-0.2, -0.15) is 29.8 Å². The molecule has 0 saturated heterocycles. The molecule has 1 aliphatic heterocycles. The number of fused-ring (bicyclic) bond motifs is 4. The van der Waals surface area contributed by atoms with E-state index < -0.39 is 0 Å². The first kappa shape index (κ1) is 43.1. The number of para-hydroxylation sites is 3. The maximum atomic E-state index is 6.81. The van der Waals surface area contributed by atoms with Crippen LogP contribution in [0.2, 0.25) is 0 Å². The van der Waals surface area contributed by atoms with Crippen LogP contribution in [0.4, 0.5) is 22.7 Å². The van der Waals surface area contributed by atoms with Crippen molar-refractivity contribution in [1.29, 1.82) is 0 Å². The Hall–Kier alpha value is -5.57. The molecule has 2 heterocycles. The molecular weight excluding hydrogens is 938 g/mol. The van der Waals surface area contributed by atoms with Crippen LogP contribution in [0.25, 0.3) is 38.6 Å². The van der Waals surface area contributed by atoms with Gasteiger partial charge in [0.15, 0.2) is 0 Å². The van der Waals surface area contributed by atoms with Gasteiger partial charge in [0.25, 0.3) is 0 Å². The van der Waals surface area contributed by atoms with Crippen molar-refractivity contribution in [2.24, 2.45) is 0 Å². The van der Waals surface area contributed by atoms with E-state index in [1.807, 2.05) is 12.1 Å². The van der Waals surface area contributed by atoms with Crippen molar-refractivity contribution in [1.82, 2.24) is 4.57 Å². The Labute approximate surface area is 383 Å². The first-order valence-electron chi connectivity index (χ1n) is 21.4. The molecule has 5 heteroatoms. The average Bonchev–Trinajstić information content (AvgIpc) is 3.76. The van der Waals surface area contributed by atoms with E-state index in [0.717, 1.165) is 50.4 Å².